The van der Waals surface area contributed by atoms with Gasteiger partial charge in [0.1, 0.15) is 0 Å². The standard InChI is InChI=1S/C26H25F2N7O3S/c27-22-18(24(35-39(36)37)20-7-1-2-12-30-20)8-9-21(23(22)28)38-25-17(6-4-13-31-25)19-10-14-32-26(34-19)33-16-5-3-11-29-15-16/h1-2,4,6-10,12-14,16,24,29,35H,3,5,11,15H2,(H,36,37)(H,32,33,34)/t16-,24-/m0/s1. The summed E-state index contributed by atoms with van der Waals surface area (Å²) in [6.07, 6.45) is 6.55. The molecule has 4 aromatic rings. The Hall–Kier alpha value is -3.91. The molecular weight excluding hydrogens is 528 g/mol. The van der Waals surface area contributed by atoms with Gasteiger partial charge >= 0.3 is 0 Å². The highest BCUT2D eigenvalue weighted by atomic mass is 32.2. The first-order valence-corrected chi connectivity index (χ1v) is 13.3. The number of hydrogen-bond acceptors (Lipinski definition) is 8. The molecule has 0 radical (unpaired) electrons. The number of halogens is 2. The Kier molecular flexibility index (Phi) is 8.42. The Morgan fingerprint density at radius 2 is 1.90 bits per heavy atom. The van der Waals surface area contributed by atoms with Crippen molar-refractivity contribution in [2.24, 2.45) is 0 Å². The van der Waals surface area contributed by atoms with Gasteiger partial charge in [0.2, 0.25) is 28.9 Å². The number of nitrogens with one attached hydrogen (secondary N) is 3. The van der Waals surface area contributed by atoms with Gasteiger partial charge in [-0.3, -0.25) is 9.54 Å². The smallest absolute Gasteiger partial charge is 0.232 e. The predicted octanol–water partition coefficient (Wildman–Crippen LogP) is 3.98. The third-order valence-corrected chi connectivity index (χ3v) is 6.57. The average Bonchev–Trinajstić information content (AvgIpc) is 2.96. The van der Waals surface area contributed by atoms with Crippen LogP contribution in [0.2, 0.25) is 0 Å². The summed E-state index contributed by atoms with van der Waals surface area (Å²) in [6.45, 7) is 1.79. The van der Waals surface area contributed by atoms with Crippen LogP contribution in [-0.2, 0) is 11.3 Å². The monoisotopic (exact) mass is 553 g/mol. The molecule has 1 saturated heterocycles. The molecule has 1 aromatic carbocycles. The topological polar surface area (TPSA) is 134 Å². The lowest BCUT2D eigenvalue weighted by Gasteiger charge is -2.23. The Morgan fingerprint density at radius 3 is 2.67 bits per heavy atom. The van der Waals surface area contributed by atoms with Crippen LogP contribution in [-0.4, -0.2) is 47.8 Å². The number of aromatic nitrogens is 4. The molecule has 3 atom stereocenters. The highest BCUT2D eigenvalue weighted by molar-refractivity contribution is 7.77. The summed E-state index contributed by atoms with van der Waals surface area (Å²) < 4.78 is 59.4. The molecular formula is C26H25F2N7O3S. The summed E-state index contributed by atoms with van der Waals surface area (Å²) in [5.41, 5.74) is 0.959. The second kappa shape index (κ2) is 12.3. The van der Waals surface area contributed by atoms with Gasteiger partial charge in [0, 0.05) is 36.7 Å². The van der Waals surface area contributed by atoms with E-state index in [1.54, 1.807) is 36.5 Å². The van der Waals surface area contributed by atoms with E-state index < -0.39 is 34.7 Å². The van der Waals surface area contributed by atoms with Crippen molar-refractivity contribution in [2.45, 2.75) is 24.9 Å². The van der Waals surface area contributed by atoms with E-state index in [9.17, 15) is 8.76 Å². The van der Waals surface area contributed by atoms with Gasteiger partial charge in [-0.25, -0.2) is 28.3 Å². The second-order valence-corrected chi connectivity index (χ2v) is 9.48. The predicted molar refractivity (Wildman–Crippen MR) is 141 cm³/mol. The van der Waals surface area contributed by atoms with Crippen LogP contribution in [0.25, 0.3) is 11.3 Å². The van der Waals surface area contributed by atoms with Gasteiger partial charge in [0.15, 0.2) is 11.6 Å². The van der Waals surface area contributed by atoms with Crippen molar-refractivity contribution in [3.05, 3.63) is 90.0 Å². The number of ether oxygens (including phenoxy) is 1. The number of hydrogen-bond donors (Lipinski definition) is 4. The first kappa shape index (κ1) is 26.7. The molecule has 1 fully saturated rings. The number of pyridine rings is 2. The van der Waals surface area contributed by atoms with Crippen molar-refractivity contribution in [2.75, 3.05) is 18.4 Å². The number of benzene rings is 1. The Labute approximate surface area is 225 Å². The minimum absolute atomic E-state index is 0.0170. The van der Waals surface area contributed by atoms with Crippen LogP contribution in [0.1, 0.15) is 30.1 Å². The van der Waals surface area contributed by atoms with Crippen molar-refractivity contribution in [3.63, 3.8) is 0 Å². The van der Waals surface area contributed by atoms with E-state index in [2.05, 4.69) is 35.3 Å². The molecule has 1 aliphatic heterocycles. The molecule has 202 valence electrons. The maximum atomic E-state index is 15.3. The average molecular weight is 554 g/mol. The van der Waals surface area contributed by atoms with E-state index >= 15 is 8.78 Å². The summed E-state index contributed by atoms with van der Waals surface area (Å²) in [5, 5.41) is 6.64. The minimum atomic E-state index is -2.52. The van der Waals surface area contributed by atoms with Gasteiger partial charge in [-0.15, -0.1) is 0 Å². The molecule has 0 aliphatic carbocycles. The molecule has 13 heteroatoms. The molecule has 1 aliphatic rings. The Balaban J connectivity index is 1.42. The molecule has 3 aromatic heterocycles. The molecule has 4 heterocycles. The summed E-state index contributed by atoms with van der Waals surface area (Å²) in [6, 6.07) is 11.4. The van der Waals surface area contributed by atoms with Gasteiger partial charge in [0.25, 0.3) is 0 Å². The maximum absolute atomic E-state index is 15.3. The van der Waals surface area contributed by atoms with Crippen LogP contribution >= 0.6 is 0 Å². The van der Waals surface area contributed by atoms with E-state index in [1.807, 2.05) is 0 Å². The molecule has 4 N–H and O–H groups in total. The van der Waals surface area contributed by atoms with Crippen molar-refractivity contribution in [3.8, 4) is 22.9 Å². The van der Waals surface area contributed by atoms with Gasteiger partial charge in [0.05, 0.1) is 23.0 Å². The van der Waals surface area contributed by atoms with Gasteiger partial charge in [-0.2, -0.15) is 4.39 Å². The first-order chi connectivity index (χ1) is 19.0. The van der Waals surface area contributed by atoms with Crippen molar-refractivity contribution in [1.82, 2.24) is 30.0 Å². The fraction of sp³-hybridized carbons (Fsp3) is 0.231. The van der Waals surface area contributed by atoms with Gasteiger partial charge < -0.3 is 15.4 Å². The lowest BCUT2D eigenvalue weighted by Crippen LogP contribution is -2.38. The van der Waals surface area contributed by atoms with Crippen molar-refractivity contribution < 1.29 is 22.3 Å². The molecule has 39 heavy (non-hydrogen) atoms. The third-order valence-electron chi connectivity index (χ3n) is 6.13. The van der Waals surface area contributed by atoms with Gasteiger partial charge in [-0.1, -0.05) is 12.1 Å². The summed E-state index contributed by atoms with van der Waals surface area (Å²) in [4.78, 5) is 17.2. The van der Waals surface area contributed by atoms with Crippen LogP contribution in [0.3, 0.4) is 0 Å². The van der Waals surface area contributed by atoms with Crippen LogP contribution in [0.15, 0.2) is 67.1 Å². The lowest BCUT2D eigenvalue weighted by atomic mass is 10.0. The first-order valence-electron chi connectivity index (χ1n) is 12.2. The Morgan fingerprint density at radius 1 is 1.03 bits per heavy atom. The zero-order valence-electron chi connectivity index (χ0n) is 20.6. The number of rotatable bonds is 9. The highest BCUT2D eigenvalue weighted by Crippen LogP contribution is 2.35. The molecule has 0 bridgehead atoms. The van der Waals surface area contributed by atoms with Crippen LogP contribution in [0.4, 0.5) is 14.7 Å². The fourth-order valence-electron chi connectivity index (χ4n) is 4.29. The van der Waals surface area contributed by atoms with E-state index in [4.69, 9.17) is 4.74 Å². The molecule has 1 unspecified atom stereocenters. The van der Waals surface area contributed by atoms with Crippen molar-refractivity contribution in [1.29, 1.82) is 0 Å². The molecule has 5 rings (SSSR count). The number of piperidine rings is 1. The summed E-state index contributed by atoms with van der Waals surface area (Å²) in [5.74, 6) is -2.50. The zero-order chi connectivity index (χ0) is 27.2. The largest absolute Gasteiger partial charge is 0.435 e. The zero-order valence-corrected chi connectivity index (χ0v) is 21.4. The maximum Gasteiger partial charge on any atom is 0.232 e. The SMILES string of the molecule is O=S(O)N[C@H](c1ccccn1)c1ccc(Oc2ncccc2-c2ccnc(N[C@H]3CCCNC3)n2)c(F)c1F. The second-order valence-electron chi connectivity index (χ2n) is 8.75. The van der Waals surface area contributed by atoms with E-state index in [0.29, 0.717) is 17.2 Å². The van der Waals surface area contributed by atoms with Crippen molar-refractivity contribution >= 4 is 17.2 Å². The molecule has 0 saturated carbocycles. The molecule has 0 amide bonds. The van der Waals surface area contributed by atoms with Crippen LogP contribution in [0.5, 0.6) is 11.6 Å². The minimum Gasteiger partial charge on any atom is -0.435 e. The number of anilines is 1. The Bertz CT molecular complexity index is 1460. The normalized spacial score (nSPS) is 16.8. The fourth-order valence-corrected chi connectivity index (χ4v) is 4.74. The van der Waals surface area contributed by atoms with Crippen LogP contribution < -0.4 is 20.1 Å². The lowest BCUT2D eigenvalue weighted by molar-refractivity contribution is 0.401. The van der Waals surface area contributed by atoms with E-state index in [-0.39, 0.29) is 23.2 Å². The number of nitrogens with zero attached hydrogens (tertiary/aromatic N) is 4. The van der Waals surface area contributed by atoms with Crippen LogP contribution in [0, 0.1) is 11.6 Å². The quantitative estimate of drug-likeness (QED) is 0.227. The van der Waals surface area contributed by atoms with E-state index in [0.717, 1.165) is 25.9 Å². The molecule has 10 nitrogen and oxygen atoms in total. The summed E-state index contributed by atoms with van der Waals surface area (Å²) >= 11 is -2.52. The molecule has 0 spiro atoms. The highest BCUT2D eigenvalue weighted by Gasteiger charge is 2.26. The third kappa shape index (κ3) is 6.40. The van der Waals surface area contributed by atoms with Gasteiger partial charge in [-0.05, 0) is 55.8 Å². The summed E-state index contributed by atoms with van der Waals surface area (Å²) in [7, 11) is 0. The van der Waals surface area contributed by atoms with E-state index in [1.165, 1.54) is 30.6 Å².